The Kier molecular flexibility index (Phi) is 3.72. The maximum atomic E-state index is 13.2. The molecule has 18 heavy (non-hydrogen) atoms. The highest BCUT2D eigenvalue weighted by molar-refractivity contribution is 5.32. The summed E-state index contributed by atoms with van der Waals surface area (Å²) in [6.07, 6.45) is 1.51. The molecule has 0 saturated carbocycles. The van der Waals surface area contributed by atoms with Crippen molar-refractivity contribution in [2.24, 2.45) is 0 Å². The van der Waals surface area contributed by atoms with Gasteiger partial charge in [0.15, 0.2) is 0 Å². The van der Waals surface area contributed by atoms with Crippen LogP contribution in [0.5, 0.6) is 0 Å². The van der Waals surface area contributed by atoms with Crippen LogP contribution in [0.2, 0.25) is 0 Å². The number of aromatic nitrogens is 3. The molecule has 0 aliphatic rings. The van der Waals surface area contributed by atoms with Crippen LogP contribution < -0.4 is 0 Å². The van der Waals surface area contributed by atoms with Crippen molar-refractivity contribution in [2.45, 2.75) is 32.9 Å². The van der Waals surface area contributed by atoms with Gasteiger partial charge in [-0.1, -0.05) is 18.2 Å². The molecule has 4 nitrogen and oxygen atoms in total. The second-order valence-corrected chi connectivity index (χ2v) is 4.29. The second kappa shape index (κ2) is 5.27. The molecular formula is C13H16FN3O. The van der Waals surface area contributed by atoms with Gasteiger partial charge in [-0.15, -0.1) is 5.10 Å². The zero-order chi connectivity index (χ0) is 13.1. The highest BCUT2D eigenvalue weighted by Crippen LogP contribution is 2.24. The Labute approximate surface area is 105 Å². The predicted octanol–water partition coefficient (Wildman–Crippen LogP) is 2.22. The first-order chi connectivity index (χ1) is 8.63. The number of hydrogen-bond acceptors (Lipinski definition) is 3. The van der Waals surface area contributed by atoms with E-state index in [4.69, 9.17) is 0 Å². The SMILES string of the molecule is CCCn1nncc1C(O)c1cc(F)ccc1C. The fraction of sp³-hybridized carbons (Fsp3) is 0.385. The van der Waals surface area contributed by atoms with E-state index in [1.807, 2.05) is 13.8 Å². The Morgan fingerprint density at radius 1 is 1.44 bits per heavy atom. The Morgan fingerprint density at radius 2 is 2.22 bits per heavy atom. The van der Waals surface area contributed by atoms with Crippen molar-refractivity contribution in [3.8, 4) is 0 Å². The molecule has 1 atom stereocenters. The van der Waals surface area contributed by atoms with Gasteiger partial charge in [0.05, 0.1) is 11.9 Å². The second-order valence-electron chi connectivity index (χ2n) is 4.29. The third kappa shape index (κ3) is 2.41. The Bertz CT molecular complexity index is 539. The largest absolute Gasteiger partial charge is 0.382 e. The molecule has 1 heterocycles. The Balaban J connectivity index is 2.38. The molecule has 96 valence electrons. The summed E-state index contributed by atoms with van der Waals surface area (Å²) in [5.41, 5.74) is 1.98. The number of benzene rings is 1. The molecule has 0 radical (unpaired) electrons. The normalized spacial score (nSPS) is 12.7. The number of aryl methyl sites for hydroxylation is 2. The molecular weight excluding hydrogens is 233 g/mol. The van der Waals surface area contributed by atoms with Crippen LogP contribution in [0.4, 0.5) is 4.39 Å². The van der Waals surface area contributed by atoms with Crippen LogP contribution in [0.15, 0.2) is 24.4 Å². The van der Waals surface area contributed by atoms with Crippen molar-refractivity contribution >= 4 is 0 Å². The molecule has 5 heteroatoms. The monoisotopic (exact) mass is 249 g/mol. The minimum Gasteiger partial charge on any atom is -0.382 e. The van der Waals surface area contributed by atoms with E-state index in [2.05, 4.69) is 10.3 Å². The molecule has 0 bridgehead atoms. The minimum absolute atomic E-state index is 0.357. The van der Waals surface area contributed by atoms with Crippen LogP contribution in [0, 0.1) is 12.7 Å². The smallest absolute Gasteiger partial charge is 0.123 e. The van der Waals surface area contributed by atoms with E-state index in [9.17, 15) is 9.50 Å². The van der Waals surface area contributed by atoms with Crippen molar-refractivity contribution in [3.63, 3.8) is 0 Å². The topological polar surface area (TPSA) is 50.9 Å². The molecule has 1 aromatic carbocycles. The summed E-state index contributed by atoms with van der Waals surface area (Å²) in [6, 6.07) is 4.39. The number of hydrogen-bond donors (Lipinski definition) is 1. The molecule has 1 aromatic heterocycles. The van der Waals surface area contributed by atoms with Crippen LogP contribution in [-0.2, 0) is 6.54 Å². The van der Waals surface area contributed by atoms with Gasteiger partial charge in [-0.2, -0.15) is 0 Å². The van der Waals surface area contributed by atoms with E-state index in [0.717, 1.165) is 12.0 Å². The lowest BCUT2D eigenvalue weighted by molar-refractivity contribution is 0.206. The van der Waals surface area contributed by atoms with Crippen molar-refractivity contribution in [1.82, 2.24) is 15.0 Å². The summed E-state index contributed by atoms with van der Waals surface area (Å²) in [5.74, 6) is -0.357. The maximum absolute atomic E-state index is 13.2. The quantitative estimate of drug-likeness (QED) is 0.903. The lowest BCUT2D eigenvalue weighted by Gasteiger charge is -2.14. The van der Waals surface area contributed by atoms with Gasteiger partial charge < -0.3 is 5.11 Å². The minimum atomic E-state index is -0.901. The van der Waals surface area contributed by atoms with Gasteiger partial charge in [-0.05, 0) is 36.6 Å². The zero-order valence-electron chi connectivity index (χ0n) is 10.5. The highest BCUT2D eigenvalue weighted by Gasteiger charge is 2.18. The first-order valence-electron chi connectivity index (χ1n) is 5.96. The van der Waals surface area contributed by atoms with Gasteiger partial charge in [0.25, 0.3) is 0 Å². The van der Waals surface area contributed by atoms with Crippen molar-refractivity contribution in [3.05, 3.63) is 47.0 Å². The van der Waals surface area contributed by atoms with Crippen LogP contribution in [0.25, 0.3) is 0 Å². The molecule has 2 rings (SSSR count). The standard InChI is InChI=1S/C13H16FN3O/c1-3-6-17-12(8-15-16-17)13(18)11-7-10(14)5-4-9(11)2/h4-5,7-8,13,18H,3,6H2,1-2H3. The highest BCUT2D eigenvalue weighted by atomic mass is 19.1. The summed E-state index contributed by atoms with van der Waals surface area (Å²) < 4.78 is 14.9. The van der Waals surface area contributed by atoms with Gasteiger partial charge >= 0.3 is 0 Å². The molecule has 0 fully saturated rings. The lowest BCUT2D eigenvalue weighted by Crippen LogP contribution is -2.11. The van der Waals surface area contributed by atoms with E-state index in [1.54, 1.807) is 10.7 Å². The lowest BCUT2D eigenvalue weighted by atomic mass is 10.0. The molecule has 0 saturated heterocycles. The van der Waals surface area contributed by atoms with Gasteiger partial charge in [-0.3, -0.25) is 0 Å². The fourth-order valence-electron chi connectivity index (χ4n) is 1.93. The Hall–Kier alpha value is -1.75. The summed E-state index contributed by atoms with van der Waals surface area (Å²) in [5, 5.41) is 18.0. The molecule has 1 unspecified atom stereocenters. The number of rotatable bonds is 4. The number of aliphatic hydroxyl groups excluding tert-OH is 1. The van der Waals surface area contributed by atoms with Gasteiger partial charge in [0, 0.05) is 6.54 Å². The van der Waals surface area contributed by atoms with Crippen LogP contribution >= 0.6 is 0 Å². The summed E-state index contributed by atoms with van der Waals surface area (Å²) in [4.78, 5) is 0. The van der Waals surface area contributed by atoms with Gasteiger partial charge in [0.1, 0.15) is 11.9 Å². The van der Waals surface area contributed by atoms with E-state index in [1.165, 1.54) is 18.3 Å². The molecule has 1 N–H and O–H groups in total. The summed E-state index contributed by atoms with van der Waals surface area (Å²) in [7, 11) is 0. The molecule has 2 aromatic rings. The summed E-state index contributed by atoms with van der Waals surface area (Å²) in [6.45, 7) is 4.54. The predicted molar refractivity (Wildman–Crippen MR) is 65.5 cm³/mol. The molecule has 0 spiro atoms. The summed E-state index contributed by atoms with van der Waals surface area (Å²) >= 11 is 0. The number of halogens is 1. The van der Waals surface area contributed by atoms with E-state index < -0.39 is 6.10 Å². The number of nitrogens with zero attached hydrogens (tertiary/aromatic N) is 3. The van der Waals surface area contributed by atoms with Gasteiger partial charge in [0.2, 0.25) is 0 Å². The van der Waals surface area contributed by atoms with Crippen molar-refractivity contribution < 1.29 is 9.50 Å². The zero-order valence-corrected chi connectivity index (χ0v) is 10.5. The third-order valence-corrected chi connectivity index (χ3v) is 2.90. The average molecular weight is 249 g/mol. The van der Waals surface area contributed by atoms with Crippen LogP contribution in [-0.4, -0.2) is 20.1 Å². The van der Waals surface area contributed by atoms with Crippen molar-refractivity contribution in [2.75, 3.05) is 0 Å². The average Bonchev–Trinajstić information content (AvgIpc) is 2.80. The first-order valence-corrected chi connectivity index (χ1v) is 5.96. The maximum Gasteiger partial charge on any atom is 0.123 e. The first kappa shape index (κ1) is 12.7. The van der Waals surface area contributed by atoms with E-state index in [-0.39, 0.29) is 5.82 Å². The van der Waals surface area contributed by atoms with E-state index >= 15 is 0 Å². The molecule has 0 aliphatic heterocycles. The number of aliphatic hydroxyl groups is 1. The van der Waals surface area contributed by atoms with E-state index in [0.29, 0.717) is 17.8 Å². The van der Waals surface area contributed by atoms with Gasteiger partial charge in [-0.25, -0.2) is 9.07 Å². The molecule has 0 aliphatic carbocycles. The van der Waals surface area contributed by atoms with Crippen LogP contribution in [0.1, 0.15) is 36.3 Å². The third-order valence-electron chi connectivity index (χ3n) is 2.90. The molecule has 0 amide bonds. The van der Waals surface area contributed by atoms with Crippen LogP contribution in [0.3, 0.4) is 0 Å². The Morgan fingerprint density at radius 3 is 2.94 bits per heavy atom. The fourth-order valence-corrected chi connectivity index (χ4v) is 1.93. The van der Waals surface area contributed by atoms with Crippen molar-refractivity contribution in [1.29, 1.82) is 0 Å².